The Hall–Kier alpha value is -5.67. The van der Waals surface area contributed by atoms with Gasteiger partial charge in [-0.05, 0) is 81.3 Å². The summed E-state index contributed by atoms with van der Waals surface area (Å²) in [5.74, 6) is -0.635. The molecule has 5 unspecified atom stereocenters. The molecule has 9 atom stereocenters. The zero-order chi connectivity index (χ0) is 42.2. The first kappa shape index (κ1) is 40.1. The molecule has 2 aromatic heterocycles. The highest BCUT2D eigenvalue weighted by molar-refractivity contribution is 5.96. The van der Waals surface area contributed by atoms with Gasteiger partial charge >= 0.3 is 12.1 Å². The molecule has 5 fully saturated rings. The number of carboxylic acids is 1. The number of rotatable bonds is 15. The Balaban J connectivity index is 1.10. The quantitative estimate of drug-likeness (QED) is 0.117. The number of hydrogen-bond acceptors (Lipinski definition) is 12. The Morgan fingerprint density at radius 1 is 1.07 bits per heavy atom. The van der Waals surface area contributed by atoms with E-state index in [0.717, 1.165) is 18.8 Å². The van der Waals surface area contributed by atoms with Crippen molar-refractivity contribution in [3.63, 3.8) is 0 Å². The molecule has 3 heterocycles. The highest BCUT2D eigenvalue weighted by atomic mass is 16.6. The summed E-state index contributed by atoms with van der Waals surface area (Å²) >= 11 is 0. The number of nitrogens with zero attached hydrogens (tertiary/aromatic N) is 3. The standard InChI is InChI=1S/C43H52N6O10/c1-8-23-16-43(23,38(53)54)48-36(51)31-14-25(19-49(31)37(52)35(41(5,6)7)47-40(55)59-24-13-27-28-18-42(27,28)17-24)58-33-15-29(30-20-57-39(46-30)44-21(2)3)45-34-22(4)32(56-12-11-50)10-9-26(33)34/h8-11,15,20-21,23-25,27-28,31,35H,1,12-14,16-19H2,2-7H3,(H,44,46)(H,47,55)(H,48,51)(H,53,54)/t23-,24?,25?,27?,28?,31+,35-,42+,43?/m1/s1. The van der Waals surface area contributed by atoms with Crippen LogP contribution in [-0.4, -0.2) is 99.2 Å². The van der Waals surface area contributed by atoms with E-state index in [0.29, 0.717) is 63.0 Å². The molecule has 0 bridgehead atoms. The first-order chi connectivity index (χ1) is 28.0. The lowest BCUT2D eigenvalue weighted by Crippen LogP contribution is -2.59. The molecule has 8 rings (SSSR count). The minimum Gasteiger partial charge on any atom is -0.488 e. The number of oxazole rings is 1. The van der Waals surface area contributed by atoms with Gasteiger partial charge in [-0.3, -0.25) is 14.4 Å². The lowest BCUT2D eigenvalue weighted by atomic mass is 9.85. The number of benzene rings is 1. The molecule has 3 aromatic rings. The molecule has 16 heteroatoms. The minimum atomic E-state index is -1.54. The van der Waals surface area contributed by atoms with Crippen LogP contribution in [0.3, 0.4) is 0 Å². The van der Waals surface area contributed by atoms with E-state index in [1.165, 1.54) is 23.7 Å². The number of ether oxygens (including phenoxy) is 3. The number of fused-ring (bicyclic) bond motifs is 2. The van der Waals surface area contributed by atoms with Crippen molar-refractivity contribution < 1.29 is 47.7 Å². The summed E-state index contributed by atoms with van der Waals surface area (Å²) in [4.78, 5) is 76.8. The number of hydrogen-bond donors (Lipinski definition) is 4. The number of carboxylic acid groups (broad SMARTS) is 1. The Morgan fingerprint density at radius 3 is 2.47 bits per heavy atom. The fourth-order valence-corrected chi connectivity index (χ4v) is 9.40. The van der Waals surface area contributed by atoms with Crippen molar-refractivity contribution in [3.8, 4) is 22.9 Å². The zero-order valence-electron chi connectivity index (χ0n) is 34.2. The maximum absolute atomic E-state index is 14.7. The highest BCUT2D eigenvalue weighted by Crippen LogP contribution is 2.86. The Morgan fingerprint density at radius 2 is 1.85 bits per heavy atom. The van der Waals surface area contributed by atoms with Crippen molar-refractivity contribution >= 4 is 47.1 Å². The number of aliphatic carboxylic acids is 1. The fraction of sp³-hybridized carbons (Fsp3) is 0.558. The van der Waals surface area contributed by atoms with E-state index < -0.39 is 58.9 Å². The van der Waals surface area contributed by atoms with E-state index >= 15 is 0 Å². The van der Waals surface area contributed by atoms with Gasteiger partial charge in [0, 0.05) is 35.4 Å². The molecule has 59 heavy (non-hydrogen) atoms. The van der Waals surface area contributed by atoms with Crippen molar-refractivity contribution in [2.75, 3.05) is 18.5 Å². The van der Waals surface area contributed by atoms with E-state index in [1.54, 1.807) is 18.2 Å². The second-order valence-corrected chi connectivity index (χ2v) is 18.3. The van der Waals surface area contributed by atoms with Gasteiger partial charge in [0.05, 0.1) is 17.8 Å². The van der Waals surface area contributed by atoms with Crippen LogP contribution in [0.4, 0.5) is 10.8 Å². The van der Waals surface area contributed by atoms with Crippen molar-refractivity contribution in [1.29, 1.82) is 0 Å². The van der Waals surface area contributed by atoms with E-state index in [2.05, 4.69) is 27.5 Å². The first-order valence-corrected chi connectivity index (χ1v) is 20.3. The average molecular weight is 813 g/mol. The van der Waals surface area contributed by atoms with Gasteiger partial charge in [-0.25, -0.2) is 14.6 Å². The fourth-order valence-electron chi connectivity index (χ4n) is 9.40. The lowest BCUT2D eigenvalue weighted by Gasteiger charge is -2.35. The van der Waals surface area contributed by atoms with Gasteiger partial charge in [-0.1, -0.05) is 26.8 Å². The summed E-state index contributed by atoms with van der Waals surface area (Å²) in [6, 6.07) is 3.28. The smallest absolute Gasteiger partial charge is 0.408 e. The molecule has 16 nitrogen and oxygen atoms in total. The topological polar surface area (TPSA) is 212 Å². The van der Waals surface area contributed by atoms with E-state index in [4.69, 9.17) is 23.6 Å². The predicted octanol–water partition coefficient (Wildman–Crippen LogP) is 5.03. The third kappa shape index (κ3) is 7.35. The van der Waals surface area contributed by atoms with Crippen molar-refractivity contribution in [2.45, 2.75) is 110 Å². The predicted molar refractivity (Wildman–Crippen MR) is 214 cm³/mol. The van der Waals surface area contributed by atoms with Gasteiger partial charge in [0.15, 0.2) is 6.29 Å². The number of anilines is 1. The number of pyridine rings is 1. The van der Waals surface area contributed by atoms with E-state index in [-0.39, 0.29) is 38.1 Å². The number of alkyl carbamates (subject to hydrolysis) is 1. The van der Waals surface area contributed by atoms with E-state index in [1.807, 2.05) is 41.5 Å². The summed E-state index contributed by atoms with van der Waals surface area (Å²) in [6.45, 7) is 14.7. The second-order valence-electron chi connectivity index (χ2n) is 18.3. The number of amides is 3. The number of carbonyl (C=O) groups is 5. The zero-order valence-corrected chi connectivity index (χ0v) is 34.2. The van der Waals surface area contributed by atoms with Gasteiger partial charge in [0.2, 0.25) is 11.8 Å². The van der Waals surface area contributed by atoms with Crippen LogP contribution in [0.2, 0.25) is 0 Å². The summed E-state index contributed by atoms with van der Waals surface area (Å²) in [5, 5.41) is 19.4. The number of likely N-dealkylation sites (tertiary alicyclic amines) is 1. The van der Waals surface area contributed by atoms with Gasteiger partial charge in [-0.15, -0.1) is 6.58 Å². The van der Waals surface area contributed by atoms with Crippen LogP contribution in [0.15, 0.2) is 41.5 Å². The Kier molecular flexibility index (Phi) is 9.90. The van der Waals surface area contributed by atoms with Crippen LogP contribution in [0.1, 0.15) is 72.3 Å². The summed E-state index contributed by atoms with van der Waals surface area (Å²) < 4.78 is 23.9. The summed E-state index contributed by atoms with van der Waals surface area (Å²) in [5.41, 5.74) is -0.0269. The number of nitrogens with one attached hydrogen (secondary N) is 3. The maximum Gasteiger partial charge on any atom is 0.408 e. The molecule has 0 radical (unpaired) electrons. The molecule has 4 aliphatic carbocycles. The van der Waals surface area contributed by atoms with Crippen LogP contribution in [0.25, 0.3) is 22.3 Å². The van der Waals surface area contributed by atoms with Crippen LogP contribution in [-0.2, 0) is 23.9 Å². The molecule has 1 aromatic carbocycles. The number of aldehydes is 1. The van der Waals surface area contributed by atoms with E-state index in [9.17, 15) is 29.1 Å². The third-order valence-corrected chi connectivity index (χ3v) is 12.9. The normalized spacial score (nSPS) is 29.2. The number of aromatic nitrogens is 2. The Bertz CT molecular complexity index is 2230. The van der Waals surface area contributed by atoms with Gasteiger partial charge in [0.25, 0.3) is 6.01 Å². The summed E-state index contributed by atoms with van der Waals surface area (Å²) in [7, 11) is 0. The van der Waals surface area contributed by atoms with Crippen molar-refractivity contribution in [3.05, 3.63) is 42.7 Å². The molecule has 3 amide bonds. The molecular weight excluding hydrogens is 761 g/mol. The third-order valence-electron chi connectivity index (χ3n) is 12.9. The molecule has 1 saturated heterocycles. The van der Waals surface area contributed by atoms with Crippen LogP contribution >= 0.6 is 0 Å². The first-order valence-electron chi connectivity index (χ1n) is 20.3. The van der Waals surface area contributed by atoms with Gasteiger partial charge < -0.3 is 44.6 Å². The van der Waals surface area contributed by atoms with Crippen LogP contribution in [0.5, 0.6) is 11.5 Å². The highest BCUT2D eigenvalue weighted by Gasteiger charge is 2.81. The van der Waals surface area contributed by atoms with Gasteiger partial charge in [-0.2, -0.15) is 4.98 Å². The largest absolute Gasteiger partial charge is 0.488 e. The molecule has 314 valence electrons. The van der Waals surface area contributed by atoms with Crippen molar-refractivity contribution in [1.82, 2.24) is 25.5 Å². The number of aryl methyl sites for hydroxylation is 1. The second kappa shape index (κ2) is 14.6. The molecule has 1 spiro atoms. The van der Waals surface area contributed by atoms with Crippen LogP contribution < -0.4 is 25.4 Å². The van der Waals surface area contributed by atoms with Crippen LogP contribution in [0, 0.1) is 35.5 Å². The number of carbonyl (C=O) groups excluding carboxylic acids is 4. The lowest BCUT2D eigenvalue weighted by molar-refractivity contribution is -0.146. The SMILES string of the molecule is C=C[C@@H]1CC1(NC(=O)[C@@H]1CC(Oc2cc(-c3coc(NC(C)C)n3)nc3c(C)c(OCC=O)ccc23)CN1C(=O)[C@@H](NC(=O)OC1CC2C3C[C@@]23C1)C(C)(C)C)C(=O)O. The minimum absolute atomic E-state index is 0.00509. The van der Waals surface area contributed by atoms with Crippen molar-refractivity contribution in [2.24, 2.45) is 28.6 Å². The monoisotopic (exact) mass is 812 g/mol. The Labute approximate surface area is 341 Å². The molecule has 4 saturated carbocycles. The average Bonchev–Trinajstić information content (AvgIpc) is 4.04. The van der Waals surface area contributed by atoms with Gasteiger partial charge in [0.1, 0.15) is 59.9 Å². The molecule has 4 N–H and O–H groups in total. The maximum atomic E-state index is 14.7. The summed E-state index contributed by atoms with van der Waals surface area (Å²) in [6.07, 6.45) is 5.01. The molecule has 5 aliphatic rings. The molecular formula is C43H52N6O10. The molecule has 1 aliphatic heterocycles.